The molecule has 0 spiro atoms. The number of hydrogen-bond acceptors (Lipinski definition) is 1. The number of rotatable bonds is 5. The molecule has 0 saturated carbocycles. The minimum Gasteiger partial charge on any atom is -0.320 e. The maximum absolute atomic E-state index is 5.99. The van der Waals surface area contributed by atoms with E-state index in [0.29, 0.717) is 0 Å². The van der Waals surface area contributed by atoms with Gasteiger partial charge in [0.25, 0.3) is 0 Å². The fraction of sp³-hybridized carbons (Fsp3) is 0.538. The van der Waals surface area contributed by atoms with Crippen molar-refractivity contribution in [3.8, 4) is 0 Å². The highest BCUT2D eigenvalue weighted by atomic mass is 35.5. The number of hydrogen-bond donors (Lipinski definition) is 1. The standard InChI is InChI=1S/C13H20ClN/c1-10(6-7-15-3)8-12-4-5-13(14)11(2)9-12/h4-5,9-10,15H,6-8H2,1-3H3. The second kappa shape index (κ2) is 6.14. The lowest BCUT2D eigenvalue weighted by molar-refractivity contribution is 0.515. The summed E-state index contributed by atoms with van der Waals surface area (Å²) >= 11 is 5.99. The minimum atomic E-state index is 0.720. The van der Waals surface area contributed by atoms with Gasteiger partial charge in [-0.3, -0.25) is 0 Å². The van der Waals surface area contributed by atoms with Crippen LogP contribution in [0.15, 0.2) is 18.2 Å². The molecule has 1 atom stereocenters. The zero-order valence-corrected chi connectivity index (χ0v) is 10.6. The fourth-order valence-corrected chi connectivity index (χ4v) is 1.85. The largest absolute Gasteiger partial charge is 0.320 e. The number of halogens is 1. The van der Waals surface area contributed by atoms with Gasteiger partial charge in [-0.15, -0.1) is 0 Å². The van der Waals surface area contributed by atoms with Crippen LogP contribution in [0.5, 0.6) is 0 Å². The van der Waals surface area contributed by atoms with Gasteiger partial charge in [-0.05, 0) is 56.5 Å². The number of nitrogens with one attached hydrogen (secondary N) is 1. The van der Waals surface area contributed by atoms with E-state index in [1.54, 1.807) is 0 Å². The maximum Gasteiger partial charge on any atom is 0.0435 e. The first-order valence-corrected chi connectivity index (χ1v) is 5.91. The van der Waals surface area contributed by atoms with E-state index in [4.69, 9.17) is 11.6 Å². The van der Waals surface area contributed by atoms with Crippen LogP contribution in [0, 0.1) is 12.8 Å². The van der Waals surface area contributed by atoms with E-state index >= 15 is 0 Å². The van der Waals surface area contributed by atoms with E-state index < -0.39 is 0 Å². The molecule has 0 aromatic heterocycles. The Labute approximate surface area is 97.8 Å². The van der Waals surface area contributed by atoms with Crippen molar-refractivity contribution < 1.29 is 0 Å². The van der Waals surface area contributed by atoms with E-state index in [1.807, 2.05) is 13.1 Å². The van der Waals surface area contributed by atoms with Gasteiger partial charge >= 0.3 is 0 Å². The highest BCUT2D eigenvalue weighted by Gasteiger charge is 2.04. The summed E-state index contributed by atoms with van der Waals surface area (Å²) < 4.78 is 0. The summed E-state index contributed by atoms with van der Waals surface area (Å²) in [5.41, 5.74) is 2.57. The molecular formula is C13H20ClN. The summed E-state index contributed by atoms with van der Waals surface area (Å²) in [5, 5.41) is 4.05. The first-order chi connectivity index (χ1) is 7.13. The molecule has 0 fully saturated rings. The first-order valence-electron chi connectivity index (χ1n) is 5.53. The van der Waals surface area contributed by atoms with E-state index in [0.717, 1.165) is 23.9 Å². The van der Waals surface area contributed by atoms with Crippen molar-refractivity contribution in [1.29, 1.82) is 0 Å². The predicted octanol–water partition coefficient (Wildman–Crippen LogP) is 3.44. The Morgan fingerprint density at radius 3 is 2.73 bits per heavy atom. The topological polar surface area (TPSA) is 12.0 Å². The second-order valence-corrected chi connectivity index (χ2v) is 4.69. The van der Waals surface area contributed by atoms with Crippen LogP contribution in [-0.2, 0) is 6.42 Å². The minimum absolute atomic E-state index is 0.720. The van der Waals surface area contributed by atoms with Gasteiger partial charge in [-0.2, -0.15) is 0 Å². The van der Waals surface area contributed by atoms with Crippen molar-refractivity contribution in [3.05, 3.63) is 34.3 Å². The van der Waals surface area contributed by atoms with Crippen LogP contribution in [0.3, 0.4) is 0 Å². The molecule has 84 valence electrons. The number of benzene rings is 1. The van der Waals surface area contributed by atoms with Crippen LogP contribution in [0.2, 0.25) is 5.02 Å². The predicted molar refractivity (Wildman–Crippen MR) is 67.6 cm³/mol. The molecule has 1 N–H and O–H groups in total. The SMILES string of the molecule is CNCCC(C)Cc1ccc(Cl)c(C)c1. The van der Waals surface area contributed by atoms with Gasteiger partial charge in [0, 0.05) is 5.02 Å². The molecule has 1 aromatic rings. The summed E-state index contributed by atoms with van der Waals surface area (Å²) in [7, 11) is 2.00. The lowest BCUT2D eigenvalue weighted by atomic mass is 9.97. The summed E-state index contributed by atoms with van der Waals surface area (Å²) in [6, 6.07) is 6.32. The molecule has 0 amide bonds. The monoisotopic (exact) mass is 225 g/mol. The summed E-state index contributed by atoms with van der Waals surface area (Å²) in [6.07, 6.45) is 2.36. The summed E-state index contributed by atoms with van der Waals surface area (Å²) in [6.45, 7) is 5.44. The Hall–Kier alpha value is -0.530. The molecule has 0 aliphatic heterocycles. The molecule has 0 heterocycles. The average molecular weight is 226 g/mol. The van der Waals surface area contributed by atoms with Gasteiger partial charge in [-0.25, -0.2) is 0 Å². The molecule has 0 bridgehead atoms. The molecular weight excluding hydrogens is 206 g/mol. The van der Waals surface area contributed by atoms with Crippen LogP contribution in [0.25, 0.3) is 0 Å². The van der Waals surface area contributed by atoms with Gasteiger partial charge < -0.3 is 5.32 Å². The van der Waals surface area contributed by atoms with Crippen LogP contribution in [0.4, 0.5) is 0 Å². The molecule has 0 saturated heterocycles. The Morgan fingerprint density at radius 1 is 1.40 bits per heavy atom. The maximum atomic E-state index is 5.99. The van der Waals surface area contributed by atoms with Crippen molar-refractivity contribution in [1.82, 2.24) is 5.32 Å². The molecule has 1 rings (SSSR count). The van der Waals surface area contributed by atoms with Crippen molar-refractivity contribution >= 4 is 11.6 Å². The van der Waals surface area contributed by atoms with Crippen molar-refractivity contribution in [3.63, 3.8) is 0 Å². The molecule has 0 radical (unpaired) electrons. The molecule has 0 aliphatic rings. The second-order valence-electron chi connectivity index (χ2n) is 4.29. The average Bonchev–Trinajstić information content (AvgIpc) is 2.20. The highest BCUT2D eigenvalue weighted by Crippen LogP contribution is 2.19. The van der Waals surface area contributed by atoms with Crippen LogP contribution >= 0.6 is 11.6 Å². The summed E-state index contributed by atoms with van der Waals surface area (Å²) in [5.74, 6) is 0.720. The lowest BCUT2D eigenvalue weighted by Gasteiger charge is -2.11. The fourth-order valence-electron chi connectivity index (χ4n) is 1.73. The Kier molecular flexibility index (Phi) is 5.13. The molecule has 1 aromatic carbocycles. The van der Waals surface area contributed by atoms with Crippen LogP contribution < -0.4 is 5.32 Å². The van der Waals surface area contributed by atoms with E-state index in [9.17, 15) is 0 Å². The molecule has 1 nitrogen and oxygen atoms in total. The van der Waals surface area contributed by atoms with Crippen molar-refractivity contribution in [2.75, 3.05) is 13.6 Å². The van der Waals surface area contributed by atoms with Crippen LogP contribution in [-0.4, -0.2) is 13.6 Å². The third-order valence-corrected chi connectivity index (χ3v) is 3.12. The van der Waals surface area contributed by atoms with Gasteiger partial charge in [0.05, 0.1) is 0 Å². The molecule has 2 heteroatoms. The van der Waals surface area contributed by atoms with Gasteiger partial charge in [-0.1, -0.05) is 30.7 Å². The highest BCUT2D eigenvalue weighted by molar-refractivity contribution is 6.31. The third kappa shape index (κ3) is 4.23. The van der Waals surface area contributed by atoms with E-state index in [2.05, 4.69) is 31.3 Å². The van der Waals surface area contributed by atoms with Gasteiger partial charge in [0.15, 0.2) is 0 Å². The molecule has 1 unspecified atom stereocenters. The van der Waals surface area contributed by atoms with Crippen molar-refractivity contribution in [2.24, 2.45) is 5.92 Å². The Morgan fingerprint density at radius 2 is 2.13 bits per heavy atom. The van der Waals surface area contributed by atoms with Crippen molar-refractivity contribution in [2.45, 2.75) is 26.7 Å². The Bertz CT molecular complexity index is 309. The molecule has 0 aliphatic carbocycles. The van der Waals surface area contributed by atoms with E-state index in [1.165, 1.54) is 17.5 Å². The normalized spacial score (nSPS) is 12.8. The zero-order chi connectivity index (χ0) is 11.3. The lowest BCUT2D eigenvalue weighted by Crippen LogP contribution is -2.12. The first kappa shape index (κ1) is 12.5. The third-order valence-electron chi connectivity index (χ3n) is 2.69. The zero-order valence-electron chi connectivity index (χ0n) is 9.81. The smallest absolute Gasteiger partial charge is 0.0435 e. The van der Waals surface area contributed by atoms with Gasteiger partial charge in [0.1, 0.15) is 0 Å². The number of aryl methyl sites for hydroxylation is 1. The molecule has 15 heavy (non-hydrogen) atoms. The Balaban J connectivity index is 2.53. The van der Waals surface area contributed by atoms with E-state index in [-0.39, 0.29) is 0 Å². The van der Waals surface area contributed by atoms with Gasteiger partial charge in [0.2, 0.25) is 0 Å². The van der Waals surface area contributed by atoms with Crippen LogP contribution in [0.1, 0.15) is 24.5 Å². The quantitative estimate of drug-likeness (QED) is 0.810. The summed E-state index contributed by atoms with van der Waals surface area (Å²) in [4.78, 5) is 0.